The maximum absolute atomic E-state index is 7.00. The maximum atomic E-state index is 7.00. The summed E-state index contributed by atoms with van der Waals surface area (Å²) in [4.78, 5) is 0. The molecule has 0 fully saturated rings. The molecule has 0 unspecified atom stereocenters. The van der Waals surface area contributed by atoms with Crippen molar-refractivity contribution in [2.45, 2.75) is 0 Å². The number of aliphatic hydroxyl groups is 1. The van der Waals surface area contributed by atoms with Gasteiger partial charge in [0, 0.05) is 13.2 Å². The average Bonchev–Trinajstić information content (AvgIpc) is 2.34. The topological polar surface area (TPSA) is 31.5 Å². The Morgan fingerprint density at radius 3 is 2.12 bits per heavy atom. The number of allylic oxidation sites excluding steroid dienone is 1. The summed E-state index contributed by atoms with van der Waals surface area (Å²) in [7, 11) is 12.4. The summed E-state index contributed by atoms with van der Waals surface area (Å²) in [6, 6.07) is 10.1. The molecule has 0 aliphatic heterocycles. The van der Waals surface area contributed by atoms with Crippen molar-refractivity contribution >= 4 is 46.0 Å². The molecule has 1 rings (SSSR count). The Kier molecular flexibility index (Phi) is 19.4. The number of benzene rings is 1. The molecule has 5 heteroatoms. The summed E-state index contributed by atoms with van der Waals surface area (Å²) in [5.41, 5.74) is 1.18. The van der Waals surface area contributed by atoms with Gasteiger partial charge in [0.05, 0.1) is 0 Å². The number of rotatable bonds is 2. The minimum absolute atomic E-state index is 0.556. The van der Waals surface area contributed by atoms with Gasteiger partial charge in [-0.1, -0.05) is 30.3 Å². The van der Waals surface area contributed by atoms with Crippen molar-refractivity contribution in [3.8, 4) is 0 Å². The van der Waals surface area contributed by atoms with Gasteiger partial charge in [-0.2, -0.15) is 0 Å². The van der Waals surface area contributed by atoms with Crippen molar-refractivity contribution in [3.63, 3.8) is 0 Å². The minimum atomic E-state index is -0.556. The molecular weight excluding hydrogens is 308 g/mol. The third-order valence-electron chi connectivity index (χ3n) is 1.30. The predicted octanol–water partition coefficient (Wildman–Crippen LogP) is 2.67. The molecule has 1 N–H and O–H groups in total. The van der Waals surface area contributed by atoms with Crippen LogP contribution >= 0.6 is 20.0 Å². The summed E-state index contributed by atoms with van der Waals surface area (Å²) in [5, 5.41) is 7.00. The fourth-order valence-electron chi connectivity index (χ4n) is 0.793. The fraction of sp³-hybridized carbons (Fsp3) is 0.182. The van der Waals surface area contributed by atoms with Crippen LogP contribution in [-0.2, 0) is 4.42 Å². The second-order valence-corrected chi connectivity index (χ2v) is 5.48. The molecule has 88 valence electrons. The van der Waals surface area contributed by atoms with E-state index in [9.17, 15) is 0 Å². The van der Waals surface area contributed by atoms with Gasteiger partial charge in [0.25, 0.3) is 7.11 Å². The molecule has 2 nitrogen and oxygen atoms in total. The van der Waals surface area contributed by atoms with Crippen molar-refractivity contribution in [3.05, 3.63) is 42.0 Å². The van der Waals surface area contributed by atoms with E-state index >= 15 is 0 Å². The first-order valence-electron chi connectivity index (χ1n) is 4.34. The average molecular weight is 323 g/mol. The van der Waals surface area contributed by atoms with Crippen LogP contribution in [0.3, 0.4) is 0 Å². The van der Waals surface area contributed by atoms with E-state index in [0.717, 1.165) is 7.11 Å². The Morgan fingerprint density at radius 1 is 1.19 bits per heavy atom. The van der Waals surface area contributed by atoms with Crippen molar-refractivity contribution < 1.29 is 9.53 Å². The van der Waals surface area contributed by atoms with Crippen LogP contribution in [0.1, 0.15) is 5.56 Å². The third-order valence-corrected chi connectivity index (χ3v) is 1.30. The number of aldehydes is 1. The molecule has 0 spiro atoms. The Bertz CT molecular complexity index is 277. The predicted molar refractivity (Wildman–Crippen MR) is 73.1 cm³/mol. The molecule has 0 atom stereocenters. The zero-order valence-corrected chi connectivity index (χ0v) is 12.8. The van der Waals surface area contributed by atoms with E-state index in [0.29, 0.717) is 0 Å². The zero-order chi connectivity index (χ0) is 12.6. The van der Waals surface area contributed by atoms with Gasteiger partial charge in [0.15, 0.2) is 0 Å². The molecular formula is C11H15Cl2GeO2+. The second-order valence-electron chi connectivity index (χ2n) is 2.21. The fourth-order valence-corrected chi connectivity index (χ4v) is 0.793. The number of hydrogen-bond donors (Lipinski definition) is 1. The van der Waals surface area contributed by atoms with Crippen LogP contribution in [0.2, 0.25) is 0 Å². The number of carbonyl (C=O) groups excluding carboxylic acids is 1. The molecule has 1 aromatic carbocycles. The van der Waals surface area contributed by atoms with Gasteiger partial charge >= 0.3 is 39.9 Å². The van der Waals surface area contributed by atoms with Gasteiger partial charge in [0.2, 0.25) is 0 Å². The van der Waals surface area contributed by atoms with Crippen molar-refractivity contribution in [1.29, 1.82) is 0 Å². The van der Waals surface area contributed by atoms with Crippen LogP contribution in [0.5, 0.6) is 0 Å². The molecule has 0 saturated heterocycles. The van der Waals surface area contributed by atoms with Crippen LogP contribution in [0.15, 0.2) is 36.4 Å². The van der Waals surface area contributed by atoms with Crippen LogP contribution in [0.25, 0.3) is 6.08 Å². The van der Waals surface area contributed by atoms with E-state index < -0.39 is 13.6 Å². The van der Waals surface area contributed by atoms with E-state index in [2.05, 4.69) is 0 Å². The summed E-state index contributed by atoms with van der Waals surface area (Å²) >= 11 is -0.556. The van der Waals surface area contributed by atoms with Crippen molar-refractivity contribution in [2.24, 2.45) is 0 Å². The van der Waals surface area contributed by atoms with Gasteiger partial charge in [-0.25, -0.2) is 0 Å². The molecule has 0 heterocycles. The number of hydrogen-bond acceptors (Lipinski definition) is 1. The second kappa shape index (κ2) is 17.1. The molecule has 1 aromatic rings. The molecule has 16 heavy (non-hydrogen) atoms. The molecule has 0 saturated carbocycles. The normalized spacial score (nSPS) is 9.31. The third kappa shape index (κ3) is 13.7. The van der Waals surface area contributed by atoms with E-state index in [1.54, 1.807) is 13.4 Å². The van der Waals surface area contributed by atoms with Gasteiger partial charge in [-0.15, -0.1) is 0 Å². The van der Waals surface area contributed by atoms with Crippen molar-refractivity contribution in [1.82, 2.24) is 0 Å². The summed E-state index contributed by atoms with van der Waals surface area (Å²) in [6.45, 7) is 0. The van der Waals surface area contributed by atoms with Crippen molar-refractivity contribution in [2.75, 3.05) is 14.2 Å². The monoisotopic (exact) mass is 323 g/mol. The molecule has 0 amide bonds. The van der Waals surface area contributed by atoms with Crippen LogP contribution in [0.4, 0.5) is 0 Å². The van der Waals surface area contributed by atoms with Gasteiger partial charge in [0.1, 0.15) is 0 Å². The Morgan fingerprint density at radius 2 is 1.69 bits per heavy atom. The number of aliphatic hydroxyl groups excluding tert-OH is 1. The van der Waals surface area contributed by atoms with Gasteiger partial charge in [-0.05, 0) is 11.6 Å². The molecule has 0 aromatic heterocycles. The molecule has 0 bridgehead atoms. The number of halogens is 2. The van der Waals surface area contributed by atoms with Crippen LogP contribution in [-0.4, -0.2) is 39.2 Å². The first-order chi connectivity index (χ1) is 7.85. The quantitative estimate of drug-likeness (QED) is 0.386. The zero-order valence-electron chi connectivity index (χ0n) is 9.23. The van der Waals surface area contributed by atoms with E-state index in [-0.39, 0.29) is 0 Å². The summed E-state index contributed by atoms with van der Waals surface area (Å²) in [5.74, 6) is 0. The van der Waals surface area contributed by atoms with E-state index in [4.69, 9.17) is 29.6 Å². The first-order valence-corrected chi connectivity index (χ1v) is 9.85. The molecule has 0 aliphatic carbocycles. The molecule has 2 radical (unpaired) electrons. The van der Waals surface area contributed by atoms with Gasteiger partial charge < -0.3 is 5.11 Å². The van der Waals surface area contributed by atoms with E-state index in [1.165, 1.54) is 5.56 Å². The van der Waals surface area contributed by atoms with Crippen LogP contribution in [0, 0.1) is 0 Å². The summed E-state index contributed by atoms with van der Waals surface area (Å²) in [6.07, 6.45) is 5.51. The Balaban J connectivity index is 0. The Hall–Kier alpha value is -0.287. The summed E-state index contributed by atoms with van der Waals surface area (Å²) < 4.78 is 4.75. The van der Waals surface area contributed by atoms with E-state index in [1.807, 2.05) is 42.5 Å². The molecule has 0 aliphatic rings. The SMILES string of the molecule is CO.C[O+]=C/C=C/c1ccccc1.[Cl][Ge][Cl]. The standard InChI is InChI=1S/C10H11O.CH4O.Cl2Ge/c1-11-9-5-8-10-6-3-2-4-7-10;1-2;1-3-2/h2-9H,1H3;2H,1H3;/q+1;;/b8-5+;;. The first kappa shape index (κ1) is 18.1. The van der Waals surface area contributed by atoms with Crippen LogP contribution < -0.4 is 0 Å². The Labute approximate surface area is 111 Å². The van der Waals surface area contributed by atoms with Gasteiger partial charge in [-0.3, -0.25) is 4.42 Å².